The van der Waals surface area contributed by atoms with Crippen molar-refractivity contribution < 1.29 is 5.11 Å². The first kappa shape index (κ1) is 9.36. The third-order valence-electron chi connectivity index (χ3n) is 1.89. The molecular weight excluding hydrogens is 198 g/mol. The van der Waals surface area contributed by atoms with Crippen LogP contribution in [-0.4, -0.2) is 19.9 Å². The van der Waals surface area contributed by atoms with Gasteiger partial charge in [0.05, 0.1) is 5.69 Å². The fourth-order valence-corrected chi connectivity index (χ4v) is 1.98. The van der Waals surface area contributed by atoms with Crippen LogP contribution in [0.5, 0.6) is 0 Å². The summed E-state index contributed by atoms with van der Waals surface area (Å²) in [5.41, 5.74) is 0.641. The average Bonchev–Trinajstić information content (AvgIpc) is 2.73. The Morgan fingerprint density at radius 1 is 1.57 bits per heavy atom. The number of rotatable bonds is 2. The van der Waals surface area contributed by atoms with E-state index in [0.29, 0.717) is 10.7 Å². The van der Waals surface area contributed by atoms with E-state index in [1.807, 2.05) is 14.0 Å². The summed E-state index contributed by atoms with van der Waals surface area (Å²) in [6.45, 7) is 1.96. The molecule has 0 aromatic carbocycles. The van der Waals surface area contributed by atoms with E-state index >= 15 is 0 Å². The molecule has 14 heavy (non-hydrogen) atoms. The lowest BCUT2D eigenvalue weighted by molar-refractivity contribution is 0.214. The van der Waals surface area contributed by atoms with Gasteiger partial charge in [-0.2, -0.15) is 5.10 Å². The van der Waals surface area contributed by atoms with Crippen LogP contribution in [0.1, 0.15) is 21.7 Å². The fourth-order valence-electron chi connectivity index (χ4n) is 1.20. The van der Waals surface area contributed by atoms with Gasteiger partial charge in [-0.05, 0) is 13.0 Å². The van der Waals surface area contributed by atoms with E-state index in [2.05, 4.69) is 10.1 Å². The monoisotopic (exact) mass is 209 g/mol. The highest BCUT2D eigenvalue weighted by Crippen LogP contribution is 2.24. The Balaban J connectivity index is 2.28. The topological polar surface area (TPSA) is 50.9 Å². The van der Waals surface area contributed by atoms with Crippen LogP contribution in [0.2, 0.25) is 0 Å². The van der Waals surface area contributed by atoms with Crippen LogP contribution >= 0.6 is 11.3 Å². The first-order valence-electron chi connectivity index (χ1n) is 4.27. The summed E-state index contributed by atoms with van der Waals surface area (Å²) >= 11 is 1.49. The van der Waals surface area contributed by atoms with Crippen molar-refractivity contribution >= 4 is 11.3 Å². The number of hydrogen-bond donors (Lipinski definition) is 1. The molecule has 1 atom stereocenters. The normalized spacial score (nSPS) is 13.1. The molecule has 0 fully saturated rings. The molecule has 0 radical (unpaired) electrons. The highest BCUT2D eigenvalue weighted by Gasteiger charge is 2.16. The molecule has 1 N–H and O–H groups in total. The van der Waals surface area contributed by atoms with E-state index in [1.165, 1.54) is 11.3 Å². The van der Waals surface area contributed by atoms with Crippen LogP contribution in [0.3, 0.4) is 0 Å². The Morgan fingerprint density at radius 2 is 2.36 bits per heavy atom. The van der Waals surface area contributed by atoms with Crippen molar-refractivity contribution in [3.63, 3.8) is 0 Å². The molecule has 0 bridgehead atoms. The summed E-state index contributed by atoms with van der Waals surface area (Å²) in [6.07, 6.45) is 2.86. The molecule has 0 aliphatic rings. The number of aliphatic hydroxyl groups is 1. The summed E-state index contributed by atoms with van der Waals surface area (Å²) in [5, 5.41) is 14.7. The fraction of sp³-hybridized carbons (Fsp3) is 0.333. The second kappa shape index (κ2) is 3.51. The zero-order valence-electron chi connectivity index (χ0n) is 8.01. The highest BCUT2D eigenvalue weighted by atomic mass is 32.1. The van der Waals surface area contributed by atoms with Gasteiger partial charge < -0.3 is 5.11 Å². The molecule has 0 spiro atoms. The lowest BCUT2D eigenvalue weighted by Gasteiger charge is -2.02. The minimum absolute atomic E-state index is 0.641. The second-order valence-electron chi connectivity index (χ2n) is 3.13. The minimum Gasteiger partial charge on any atom is -0.379 e. The third kappa shape index (κ3) is 1.69. The Kier molecular flexibility index (Phi) is 2.35. The molecule has 0 aliphatic carbocycles. The Hall–Kier alpha value is -1.20. The summed E-state index contributed by atoms with van der Waals surface area (Å²) in [5.74, 6) is 0. The van der Waals surface area contributed by atoms with E-state index in [4.69, 9.17) is 0 Å². The average molecular weight is 209 g/mol. The Morgan fingerprint density at radius 3 is 2.86 bits per heavy atom. The number of hydrogen-bond acceptors (Lipinski definition) is 4. The summed E-state index contributed by atoms with van der Waals surface area (Å²) < 4.78 is 1.67. The van der Waals surface area contributed by atoms with E-state index in [-0.39, 0.29) is 0 Å². The zero-order chi connectivity index (χ0) is 10.1. The van der Waals surface area contributed by atoms with Crippen LogP contribution in [0, 0.1) is 6.92 Å². The highest BCUT2D eigenvalue weighted by molar-refractivity contribution is 7.11. The standard InChI is InChI=1S/C9H11N3OS/c1-6-5-10-9(14-6)8(13)7-3-4-12(2)11-7/h3-5,8,13H,1-2H3. The SMILES string of the molecule is Cc1cnc(C(O)c2ccn(C)n2)s1. The molecular formula is C9H11N3OS. The van der Waals surface area contributed by atoms with Crippen LogP contribution in [0.25, 0.3) is 0 Å². The number of aliphatic hydroxyl groups excluding tert-OH is 1. The van der Waals surface area contributed by atoms with Crippen molar-refractivity contribution in [2.45, 2.75) is 13.0 Å². The number of thiazole rings is 1. The molecule has 74 valence electrons. The van der Waals surface area contributed by atoms with Gasteiger partial charge in [0.2, 0.25) is 0 Å². The van der Waals surface area contributed by atoms with Crippen LogP contribution in [0.15, 0.2) is 18.5 Å². The lowest BCUT2D eigenvalue weighted by Crippen LogP contribution is -2.00. The number of aromatic nitrogens is 3. The minimum atomic E-state index is -0.699. The summed E-state index contributed by atoms with van der Waals surface area (Å²) in [4.78, 5) is 5.21. The quantitative estimate of drug-likeness (QED) is 0.810. The van der Waals surface area contributed by atoms with Gasteiger partial charge in [-0.25, -0.2) is 4.98 Å². The van der Waals surface area contributed by atoms with Gasteiger partial charge in [-0.1, -0.05) is 0 Å². The van der Waals surface area contributed by atoms with Gasteiger partial charge >= 0.3 is 0 Å². The molecule has 1 unspecified atom stereocenters. The zero-order valence-corrected chi connectivity index (χ0v) is 8.82. The van der Waals surface area contributed by atoms with E-state index < -0.39 is 6.10 Å². The lowest BCUT2D eigenvalue weighted by atomic mass is 10.3. The van der Waals surface area contributed by atoms with Gasteiger partial charge in [-0.3, -0.25) is 4.68 Å². The largest absolute Gasteiger partial charge is 0.379 e. The van der Waals surface area contributed by atoms with Crippen LogP contribution in [0.4, 0.5) is 0 Å². The maximum atomic E-state index is 9.89. The van der Waals surface area contributed by atoms with Gasteiger partial charge in [-0.15, -0.1) is 11.3 Å². The van der Waals surface area contributed by atoms with Gasteiger partial charge in [0.25, 0.3) is 0 Å². The maximum Gasteiger partial charge on any atom is 0.149 e. The molecule has 5 heteroatoms. The maximum absolute atomic E-state index is 9.89. The Bertz CT molecular complexity index is 394. The smallest absolute Gasteiger partial charge is 0.149 e. The molecule has 2 aromatic rings. The summed E-state index contributed by atoms with van der Waals surface area (Å²) in [6, 6.07) is 1.79. The third-order valence-corrected chi connectivity index (χ3v) is 2.85. The Labute approximate surface area is 85.8 Å². The van der Waals surface area contributed by atoms with Crippen molar-refractivity contribution in [3.8, 4) is 0 Å². The predicted molar refractivity (Wildman–Crippen MR) is 54.1 cm³/mol. The molecule has 2 aromatic heterocycles. The first-order valence-corrected chi connectivity index (χ1v) is 5.08. The first-order chi connectivity index (χ1) is 6.66. The molecule has 2 heterocycles. The van der Waals surface area contributed by atoms with Gasteiger partial charge in [0.1, 0.15) is 11.1 Å². The molecule has 4 nitrogen and oxygen atoms in total. The molecule has 2 rings (SSSR count). The van der Waals surface area contributed by atoms with Crippen molar-refractivity contribution in [2.75, 3.05) is 0 Å². The van der Waals surface area contributed by atoms with Crippen LogP contribution < -0.4 is 0 Å². The second-order valence-corrected chi connectivity index (χ2v) is 4.39. The van der Waals surface area contributed by atoms with Crippen molar-refractivity contribution in [1.29, 1.82) is 0 Å². The van der Waals surface area contributed by atoms with Crippen LogP contribution in [-0.2, 0) is 7.05 Å². The van der Waals surface area contributed by atoms with E-state index in [9.17, 15) is 5.11 Å². The molecule has 0 saturated heterocycles. The van der Waals surface area contributed by atoms with E-state index in [1.54, 1.807) is 23.1 Å². The van der Waals surface area contributed by atoms with Gasteiger partial charge in [0.15, 0.2) is 0 Å². The number of nitrogens with zero attached hydrogens (tertiary/aromatic N) is 3. The van der Waals surface area contributed by atoms with Crippen molar-refractivity contribution in [3.05, 3.63) is 34.0 Å². The van der Waals surface area contributed by atoms with Gasteiger partial charge in [0, 0.05) is 24.3 Å². The van der Waals surface area contributed by atoms with E-state index in [0.717, 1.165) is 4.88 Å². The molecule has 0 saturated carbocycles. The van der Waals surface area contributed by atoms with Crippen molar-refractivity contribution in [2.24, 2.45) is 7.05 Å². The van der Waals surface area contributed by atoms with Crippen molar-refractivity contribution in [1.82, 2.24) is 14.8 Å². The predicted octanol–water partition coefficient (Wildman–Crippen LogP) is 1.27. The summed E-state index contributed by atoms with van der Waals surface area (Å²) in [7, 11) is 1.82. The molecule has 0 aliphatic heterocycles. The number of aryl methyl sites for hydroxylation is 2. The molecule has 0 amide bonds.